The van der Waals surface area contributed by atoms with Crippen LogP contribution in [0.4, 0.5) is 0 Å². The zero-order valence-electron chi connectivity index (χ0n) is 11.3. The molecule has 1 N–H and O–H groups in total. The molecule has 0 aliphatic heterocycles. The van der Waals surface area contributed by atoms with Gasteiger partial charge in [0, 0.05) is 16.6 Å². The molecule has 2 aromatic carbocycles. The number of carbonyl (C=O) groups excluding carboxylic acids is 1. The van der Waals surface area contributed by atoms with E-state index in [1.807, 2.05) is 25.1 Å². The van der Waals surface area contributed by atoms with Gasteiger partial charge in [-0.2, -0.15) is 0 Å². The van der Waals surface area contributed by atoms with Gasteiger partial charge >= 0.3 is 0 Å². The summed E-state index contributed by atoms with van der Waals surface area (Å²) in [6.07, 6.45) is 1.82. The molecule has 2 aromatic rings. The van der Waals surface area contributed by atoms with E-state index in [1.165, 1.54) is 11.1 Å². The molecule has 0 bridgehead atoms. The molecule has 0 unspecified atom stereocenters. The number of fused-ring (bicyclic) bond motifs is 1. The fourth-order valence-electron chi connectivity index (χ4n) is 2.72. The summed E-state index contributed by atoms with van der Waals surface area (Å²) < 4.78 is 0. The predicted octanol–water partition coefficient (Wildman–Crippen LogP) is 3.55. The summed E-state index contributed by atoms with van der Waals surface area (Å²) >= 11 is 5.98. The molecule has 20 heavy (non-hydrogen) atoms. The summed E-state index contributed by atoms with van der Waals surface area (Å²) in [4.78, 5) is 12.3. The predicted molar refractivity (Wildman–Crippen MR) is 81.3 cm³/mol. The van der Waals surface area contributed by atoms with Crippen LogP contribution >= 0.6 is 11.6 Å². The number of carbonyl (C=O) groups is 1. The first-order valence-electron chi connectivity index (χ1n) is 6.77. The van der Waals surface area contributed by atoms with Crippen molar-refractivity contribution >= 4 is 17.5 Å². The highest BCUT2D eigenvalue weighted by Gasteiger charge is 2.22. The van der Waals surface area contributed by atoms with Crippen molar-refractivity contribution in [1.82, 2.24) is 5.32 Å². The van der Waals surface area contributed by atoms with E-state index in [2.05, 4.69) is 17.4 Å². The number of benzene rings is 2. The number of rotatable bonds is 2. The highest BCUT2D eigenvalue weighted by molar-refractivity contribution is 6.31. The van der Waals surface area contributed by atoms with E-state index in [1.54, 1.807) is 12.1 Å². The summed E-state index contributed by atoms with van der Waals surface area (Å²) in [5.41, 5.74) is 4.27. The minimum absolute atomic E-state index is 0.0254. The van der Waals surface area contributed by atoms with Crippen LogP contribution < -0.4 is 5.32 Å². The Hall–Kier alpha value is -1.80. The normalized spacial score (nSPS) is 14.1. The fourth-order valence-corrected chi connectivity index (χ4v) is 2.83. The van der Waals surface area contributed by atoms with E-state index in [0.717, 1.165) is 18.4 Å². The summed E-state index contributed by atoms with van der Waals surface area (Å²) in [6, 6.07) is 13.9. The molecule has 1 aliphatic carbocycles. The standard InChI is InChI=1S/C17H16ClNO/c1-11-8-14(6-7-16(11)18)17(20)19-15-9-12-4-2-3-5-13(12)10-15/h2-8,15H,9-10H2,1H3,(H,19,20). The Morgan fingerprint density at radius 2 is 1.80 bits per heavy atom. The second-order valence-corrected chi connectivity index (χ2v) is 5.72. The number of nitrogens with one attached hydrogen (secondary N) is 1. The van der Waals surface area contributed by atoms with E-state index < -0.39 is 0 Å². The van der Waals surface area contributed by atoms with E-state index in [9.17, 15) is 4.79 Å². The van der Waals surface area contributed by atoms with Crippen molar-refractivity contribution in [2.45, 2.75) is 25.8 Å². The Labute approximate surface area is 123 Å². The van der Waals surface area contributed by atoms with Gasteiger partial charge in [-0.3, -0.25) is 4.79 Å². The van der Waals surface area contributed by atoms with Crippen molar-refractivity contribution in [2.75, 3.05) is 0 Å². The Balaban J connectivity index is 1.70. The van der Waals surface area contributed by atoms with Crippen LogP contribution in [0.1, 0.15) is 27.0 Å². The largest absolute Gasteiger partial charge is 0.349 e. The Morgan fingerprint density at radius 3 is 2.40 bits per heavy atom. The van der Waals surface area contributed by atoms with E-state index >= 15 is 0 Å². The van der Waals surface area contributed by atoms with Crippen LogP contribution in [0, 0.1) is 6.92 Å². The third kappa shape index (κ3) is 2.56. The van der Waals surface area contributed by atoms with Crippen LogP contribution in [-0.4, -0.2) is 11.9 Å². The van der Waals surface area contributed by atoms with Gasteiger partial charge in [0.05, 0.1) is 0 Å². The molecule has 3 heteroatoms. The van der Waals surface area contributed by atoms with Gasteiger partial charge in [0.25, 0.3) is 5.91 Å². The van der Waals surface area contributed by atoms with Gasteiger partial charge in [-0.1, -0.05) is 35.9 Å². The molecule has 0 heterocycles. The maximum atomic E-state index is 12.3. The van der Waals surface area contributed by atoms with Crippen molar-refractivity contribution in [1.29, 1.82) is 0 Å². The van der Waals surface area contributed by atoms with Gasteiger partial charge in [0.15, 0.2) is 0 Å². The zero-order valence-corrected chi connectivity index (χ0v) is 12.1. The second kappa shape index (κ2) is 5.29. The van der Waals surface area contributed by atoms with E-state index in [-0.39, 0.29) is 11.9 Å². The van der Waals surface area contributed by atoms with Crippen molar-refractivity contribution in [2.24, 2.45) is 0 Å². The molecular formula is C17H16ClNO. The molecule has 0 aromatic heterocycles. The highest BCUT2D eigenvalue weighted by Crippen LogP contribution is 2.22. The lowest BCUT2D eigenvalue weighted by Gasteiger charge is -2.12. The van der Waals surface area contributed by atoms with Crippen molar-refractivity contribution in [3.05, 3.63) is 69.7 Å². The van der Waals surface area contributed by atoms with Gasteiger partial charge in [0.1, 0.15) is 0 Å². The van der Waals surface area contributed by atoms with Crippen molar-refractivity contribution in [3.63, 3.8) is 0 Å². The number of halogens is 1. The molecule has 0 spiro atoms. The number of amides is 1. The molecule has 0 saturated carbocycles. The molecule has 0 atom stereocenters. The third-order valence-corrected chi connectivity index (χ3v) is 4.23. The molecular weight excluding hydrogens is 270 g/mol. The number of aryl methyl sites for hydroxylation is 1. The SMILES string of the molecule is Cc1cc(C(=O)NC2Cc3ccccc3C2)ccc1Cl. The molecule has 2 nitrogen and oxygen atoms in total. The van der Waals surface area contributed by atoms with Gasteiger partial charge in [-0.05, 0) is 54.7 Å². The quantitative estimate of drug-likeness (QED) is 0.898. The minimum atomic E-state index is -0.0254. The first-order chi connectivity index (χ1) is 9.63. The molecule has 0 radical (unpaired) electrons. The first kappa shape index (κ1) is 13.2. The van der Waals surface area contributed by atoms with Crippen LogP contribution in [-0.2, 0) is 12.8 Å². The maximum absolute atomic E-state index is 12.3. The molecule has 0 fully saturated rings. The molecule has 102 valence electrons. The van der Waals surface area contributed by atoms with E-state index in [4.69, 9.17) is 11.6 Å². The summed E-state index contributed by atoms with van der Waals surface area (Å²) in [7, 11) is 0. The second-order valence-electron chi connectivity index (χ2n) is 5.31. The summed E-state index contributed by atoms with van der Waals surface area (Å²) in [5, 5.41) is 3.80. The fraction of sp³-hybridized carbons (Fsp3) is 0.235. The molecule has 1 aliphatic rings. The molecule has 3 rings (SSSR count). The van der Waals surface area contributed by atoms with Gasteiger partial charge < -0.3 is 5.32 Å². The maximum Gasteiger partial charge on any atom is 0.251 e. The van der Waals surface area contributed by atoms with Crippen LogP contribution in [0.2, 0.25) is 5.02 Å². The van der Waals surface area contributed by atoms with Crippen LogP contribution in [0.5, 0.6) is 0 Å². The van der Waals surface area contributed by atoms with Crippen molar-refractivity contribution < 1.29 is 4.79 Å². The molecule has 1 amide bonds. The van der Waals surface area contributed by atoms with Gasteiger partial charge in [-0.25, -0.2) is 0 Å². The third-order valence-electron chi connectivity index (χ3n) is 3.81. The lowest BCUT2D eigenvalue weighted by molar-refractivity contribution is 0.0938. The minimum Gasteiger partial charge on any atom is -0.349 e. The van der Waals surface area contributed by atoms with Gasteiger partial charge in [0.2, 0.25) is 0 Å². The monoisotopic (exact) mass is 285 g/mol. The summed E-state index contributed by atoms with van der Waals surface area (Å²) in [6.45, 7) is 1.91. The van der Waals surface area contributed by atoms with Crippen LogP contribution in [0.15, 0.2) is 42.5 Å². The highest BCUT2D eigenvalue weighted by atomic mass is 35.5. The van der Waals surface area contributed by atoms with E-state index in [0.29, 0.717) is 10.6 Å². The Morgan fingerprint density at radius 1 is 1.15 bits per heavy atom. The van der Waals surface area contributed by atoms with Crippen LogP contribution in [0.3, 0.4) is 0 Å². The topological polar surface area (TPSA) is 29.1 Å². The Bertz CT molecular complexity index is 641. The average Bonchev–Trinajstić information content (AvgIpc) is 2.83. The Kier molecular flexibility index (Phi) is 3.49. The number of hydrogen-bond donors (Lipinski definition) is 1. The average molecular weight is 286 g/mol. The zero-order chi connectivity index (χ0) is 14.1. The lowest BCUT2D eigenvalue weighted by atomic mass is 10.1. The first-order valence-corrected chi connectivity index (χ1v) is 7.15. The molecule has 0 saturated heterocycles. The van der Waals surface area contributed by atoms with Crippen molar-refractivity contribution in [3.8, 4) is 0 Å². The van der Waals surface area contributed by atoms with Gasteiger partial charge in [-0.15, -0.1) is 0 Å². The summed E-state index contributed by atoms with van der Waals surface area (Å²) in [5.74, 6) is -0.0254. The lowest BCUT2D eigenvalue weighted by Crippen LogP contribution is -2.35. The smallest absolute Gasteiger partial charge is 0.251 e. The van der Waals surface area contributed by atoms with Crippen LogP contribution in [0.25, 0.3) is 0 Å². The number of hydrogen-bond acceptors (Lipinski definition) is 1.